The van der Waals surface area contributed by atoms with Crippen molar-refractivity contribution in [1.82, 2.24) is 9.62 Å². The van der Waals surface area contributed by atoms with Gasteiger partial charge in [-0.2, -0.15) is 0 Å². The standard InChI is InChI=1S/C21H25N3O4S/c1-15(2)23-29(27,28)19-7-5-6-17(14-19)20(25)22-18-10-8-16(9-11-18)21(26)24-12-3-4-13-24/h5-11,14-15,23H,3-4,12-13H2,1-2H3,(H,22,25). The molecule has 2 aromatic carbocycles. The van der Waals surface area contributed by atoms with Crippen molar-refractivity contribution in [2.24, 2.45) is 0 Å². The summed E-state index contributed by atoms with van der Waals surface area (Å²) in [7, 11) is -3.68. The zero-order chi connectivity index (χ0) is 21.0. The van der Waals surface area contributed by atoms with Crippen LogP contribution >= 0.6 is 0 Å². The molecule has 0 aromatic heterocycles. The van der Waals surface area contributed by atoms with Crippen molar-refractivity contribution in [3.8, 4) is 0 Å². The zero-order valence-corrected chi connectivity index (χ0v) is 17.3. The number of sulfonamides is 1. The first-order chi connectivity index (χ1) is 13.8. The van der Waals surface area contributed by atoms with Crippen LogP contribution in [0.4, 0.5) is 5.69 Å². The van der Waals surface area contributed by atoms with Gasteiger partial charge in [-0.25, -0.2) is 13.1 Å². The van der Waals surface area contributed by atoms with Gasteiger partial charge >= 0.3 is 0 Å². The molecule has 0 saturated carbocycles. The molecule has 1 heterocycles. The minimum absolute atomic E-state index is 0.00376. The molecule has 154 valence electrons. The van der Waals surface area contributed by atoms with Crippen LogP contribution in [-0.2, 0) is 10.0 Å². The Kier molecular flexibility index (Phi) is 6.34. The molecule has 1 aliphatic rings. The fourth-order valence-corrected chi connectivity index (χ4v) is 4.48. The van der Waals surface area contributed by atoms with E-state index in [1.807, 2.05) is 4.90 Å². The summed E-state index contributed by atoms with van der Waals surface area (Å²) in [6, 6.07) is 12.3. The third kappa shape index (κ3) is 5.21. The van der Waals surface area contributed by atoms with Crippen molar-refractivity contribution >= 4 is 27.5 Å². The number of nitrogens with one attached hydrogen (secondary N) is 2. The predicted molar refractivity (Wildman–Crippen MR) is 111 cm³/mol. The molecule has 1 saturated heterocycles. The summed E-state index contributed by atoms with van der Waals surface area (Å²) in [6.45, 7) is 5.02. The molecule has 0 aliphatic carbocycles. The average molecular weight is 416 g/mol. The molecule has 3 rings (SSSR count). The molecule has 2 aromatic rings. The van der Waals surface area contributed by atoms with E-state index in [2.05, 4.69) is 10.0 Å². The second-order valence-corrected chi connectivity index (χ2v) is 9.05. The van der Waals surface area contributed by atoms with Crippen molar-refractivity contribution in [3.05, 3.63) is 59.7 Å². The number of nitrogens with zero attached hydrogens (tertiary/aromatic N) is 1. The lowest BCUT2D eigenvalue weighted by molar-refractivity contribution is 0.0792. The molecular formula is C21H25N3O4S. The molecular weight excluding hydrogens is 390 g/mol. The van der Waals surface area contributed by atoms with Gasteiger partial charge in [0.05, 0.1) is 4.90 Å². The number of rotatable bonds is 6. The minimum Gasteiger partial charge on any atom is -0.339 e. The van der Waals surface area contributed by atoms with E-state index in [9.17, 15) is 18.0 Å². The van der Waals surface area contributed by atoms with E-state index >= 15 is 0 Å². The largest absolute Gasteiger partial charge is 0.339 e. The summed E-state index contributed by atoms with van der Waals surface area (Å²) >= 11 is 0. The highest BCUT2D eigenvalue weighted by Gasteiger charge is 2.20. The lowest BCUT2D eigenvalue weighted by atomic mass is 10.1. The van der Waals surface area contributed by atoms with Crippen molar-refractivity contribution in [3.63, 3.8) is 0 Å². The Morgan fingerprint density at radius 1 is 0.966 bits per heavy atom. The summed E-state index contributed by atoms with van der Waals surface area (Å²) in [5.74, 6) is -0.429. The Bertz CT molecular complexity index is 995. The quantitative estimate of drug-likeness (QED) is 0.758. The second kappa shape index (κ2) is 8.75. The fourth-order valence-electron chi connectivity index (χ4n) is 3.19. The maximum Gasteiger partial charge on any atom is 0.255 e. The highest BCUT2D eigenvalue weighted by molar-refractivity contribution is 7.89. The molecule has 1 fully saturated rings. The Balaban J connectivity index is 1.70. The van der Waals surface area contributed by atoms with Crippen LogP contribution < -0.4 is 10.0 Å². The number of hydrogen-bond acceptors (Lipinski definition) is 4. The van der Waals surface area contributed by atoms with E-state index in [0.717, 1.165) is 25.9 Å². The lowest BCUT2D eigenvalue weighted by Gasteiger charge is -2.15. The number of carbonyl (C=O) groups excluding carboxylic acids is 2. The van der Waals surface area contributed by atoms with Crippen LogP contribution in [0, 0.1) is 0 Å². The van der Waals surface area contributed by atoms with Crippen molar-refractivity contribution in [1.29, 1.82) is 0 Å². The number of amides is 2. The highest BCUT2D eigenvalue weighted by Crippen LogP contribution is 2.17. The third-order valence-electron chi connectivity index (χ3n) is 4.58. The van der Waals surface area contributed by atoms with Crippen LogP contribution in [0.15, 0.2) is 53.4 Å². The van der Waals surface area contributed by atoms with Crippen molar-refractivity contribution in [2.45, 2.75) is 37.6 Å². The minimum atomic E-state index is -3.68. The summed E-state index contributed by atoms with van der Waals surface area (Å²) in [5, 5.41) is 2.73. The van der Waals surface area contributed by atoms with E-state index in [0.29, 0.717) is 11.3 Å². The Morgan fingerprint density at radius 2 is 1.62 bits per heavy atom. The molecule has 2 N–H and O–H groups in total. The maximum absolute atomic E-state index is 12.5. The van der Waals surface area contributed by atoms with Gasteiger partial charge in [0.15, 0.2) is 0 Å². The number of benzene rings is 2. The van der Waals surface area contributed by atoms with E-state index in [1.165, 1.54) is 18.2 Å². The highest BCUT2D eigenvalue weighted by atomic mass is 32.2. The molecule has 0 bridgehead atoms. The summed E-state index contributed by atoms with van der Waals surface area (Å²) in [6.07, 6.45) is 2.06. The van der Waals surface area contributed by atoms with E-state index in [-0.39, 0.29) is 22.4 Å². The second-order valence-electron chi connectivity index (χ2n) is 7.33. The summed E-state index contributed by atoms with van der Waals surface area (Å²) in [5.41, 5.74) is 1.34. The normalized spacial score (nSPS) is 14.2. The van der Waals surface area contributed by atoms with Gasteiger partial charge < -0.3 is 10.2 Å². The van der Waals surface area contributed by atoms with Gasteiger partial charge in [0, 0.05) is 35.9 Å². The molecule has 0 radical (unpaired) electrons. The van der Waals surface area contributed by atoms with Crippen molar-refractivity contribution < 1.29 is 18.0 Å². The van der Waals surface area contributed by atoms with Crippen LogP contribution in [0.3, 0.4) is 0 Å². The van der Waals surface area contributed by atoms with Crippen LogP contribution in [0.1, 0.15) is 47.4 Å². The van der Waals surface area contributed by atoms with Crippen LogP contribution in [0.2, 0.25) is 0 Å². The SMILES string of the molecule is CC(C)NS(=O)(=O)c1cccc(C(=O)Nc2ccc(C(=O)N3CCCC3)cc2)c1. The smallest absolute Gasteiger partial charge is 0.255 e. The fraction of sp³-hybridized carbons (Fsp3) is 0.333. The van der Waals surface area contributed by atoms with Crippen LogP contribution in [0.25, 0.3) is 0 Å². The van der Waals surface area contributed by atoms with E-state index in [1.54, 1.807) is 44.2 Å². The monoisotopic (exact) mass is 415 g/mol. The predicted octanol–water partition coefficient (Wildman–Crippen LogP) is 2.86. The zero-order valence-electron chi connectivity index (χ0n) is 16.5. The first-order valence-corrected chi connectivity index (χ1v) is 11.1. The third-order valence-corrected chi connectivity index (χ3v) is 6.24. The summed E-state index contributed by atoms with van der Waals surface area (Å²) in [4.78, 5) is 26.8. The molecule has 7 nitrogen and oxygen atoms in total. The Morgan fingerprint density at radius 3 is 2.24 bits per heavy atom. The first-order valence-electron chi connectivity index (χ1n) is 9.59. The van der Waals surface area contributed by atoms with E-state index in [4.69, 9.17) is 0 Å². The number of anilines is 1. The van der Waals surface area contributed by atoms with Gasteiger partial charge in [0.25, 0.3) is 11.8 Å². The number of hydrogen-bond donors (Lipinski definition) is 2. The first kappa shape index (κ1) is 21.0. The van der Waals surface area contributed by atoms with Crippen molar-refractivity contribution in [2.75, 3.05) is 18.4 Å². The van der Waals surface area contributed by atoms with Crippen LogP contribution in [0.5, 0.6) is 0 Å². The molecule has 8 heteroatoms. The topological polar surface area (TPSA) is 95.6 Å². The molecule has 0 atom stereocenters. The Labute approximate surface area is 171 Å². The number of carbonyl (C=O) groups is 2. The molecule has 1 aliphatic heterocycles. The molecule has 0 spiro atoms. The van der Waals surface area contributed by atoms with Gasteiger partial charge in [0.1, 0.15) is 0 Å². The van der Waals surface area contributed by atoms with E-state index < -0.39 is 15.9 Å². The van der Waals surface area contributed by atoms with Gasteiger partial charge in [0.2, 0.25) is 10.0 Å². The summed E-state index contributed by atoms with van der Waals surface area (Å²) < 4.78 is 27.1. The molecule has 0 unspecified atom stereocenters. The van der Waals surface area contributed by atoms with Gasteiger partial charge in [-0.05, 0) is 69.2 Å². The number of likely N-dealkylation sites (tertiary alicyclic amines) is 1. The van der Waals surface area contributed by atoms with Gasteiger partial charge in [-0.3, -0.25) is 9.59 Å². The van der Waals surface area contributed by atoms with Gasteiger partial charge in [-0.15, -0.1) is 0 Å². The lowest BCUT2D eigenvalue weighted by Crippen LogP contribution is -2.30. The molecule has 29 heavy (non-hydrogen) atoms. The molecule has 2 amide bonds. The maximum atomic E-state index is 12.5. The Hall–Kier alpha value is -2.71. The average Bonchev–Trinajstić information content (AvgIpc) is 3.22. The van der Waals surface area contributed by atoms with Crippen LogP contribution in [-0.4, -0.2) is 44.3 Å². The van der Waals surface area contributed by atoms with Gasteiger partial charge in [-0.1, -0.05) is 6.07 Å².